The Morgan fingerprint density at radius 1 is 1.69 bits per heavy atom. The predicted octanol–water partition coefficient (Wildman–Crippen LogP) is 2.55. The van der Waals surface area contributed by atoms with Gasteiger partial charge in [-0.05, 0) is 13.8 Å². The van der Waals surface area contributed by atoms with Crippen LogP contribution in [0.3, 0.4) is 0 Å². The van der Waals surface area contributed by atoms with Crippen molar-refractivity contribution in [3.8, 4) is 0 Å². The van der Waals surface area contributed by atoms with E-state index in [1.165, 1.54) is 0 Å². The first-order valence-electron chi connectivity index (χ1n) is 4.40. The maximum atomic E-state index is 5.79. The molecule has 0 amide bonds. The molecule has 74 valence electrons. The second-order valence-electron chi connectivity index (χ2n) is 2.73. The summed E-state index contributed by atoms with van der Waals surface area (Å²) in [7, 11) is 0. The SMILES string of the molecule is CCOCCc1cnc(C(C)Cl)o1. The highest BCUT2D eigenvalue weighted by atomic mass is 35.5. The highest BCUT2D eigenvalue weighted by molar-refractivity contribution is 6.20. The zero-order chi connectivity index (χ0) is 9.68. The molecule has 0 saturated carbocycles. The van der Waals surface area contributed by atoms with Crippen molar-refractivity contribution in [2.24, 2.45) is 0 Å². The number of alkyl halides is 1. The lowest BCUT2D eigenvalue weighted by molar-refractivity contribution is 0.146. The first kappa shape index (κ1) is 10.5. The fourth-order valence-electron chi connectivity index (χ4n) is 0.939. The molecule has 1 atom stereocenters. The van der Waals surface area contributed by atoms with Crippen LogP contribution in [0.4, 0.5) is 0 Å². The first-order valence-corrected chi connectivity index (χ1v) is 4.84. The molecule has 1 aromatic heterocycles. The van der Waals surface area contributed by atoms with E-state index in [0.29, 0.717) is 12.5 Å². The van der Waals surface area contributed by atoms with Crippen LogP contribution in [0, 0.1) is 0 Å². The van der Waals surface area contributed by atoms with Crippen molar-refractivity contribution >= 4 is 11.6 Å². The van der Waals surface area contributed by atoms with Crippen LogP contribution in [-0.2, 0) is 11.2 Å². The molecule has 1 unspecified atom stereocenters. The summed E-state index contributed by atoms with van der Waals surface area (Å²) in [4.78, 5) is 4.04. The Bertz CT molecular complexity index is 248. The quantitative estimate of drug-likeness (QED) is 0.545. The highest BCUT2D eigenvalue weighted by Crippen LogP contribution is 2.18. The van der Waals surface area contributed by atoms with E-state index in [4.69, 9.17) is 20.8 Å². The van der Waals surface area contributed by atoms with Crippen molar-refractivity contribution in [3.63, 3.8) is 0 Å². The van der Waals surface area contributed by atoms with Crippen LogP contribution in [0.15, 0.2) is 10.6 Å². The molecule has 1 aromatic rings. The number of nitrogens with zero attached hydrogens (tertiary/aromatic N) is 1. The normalized spacial score (nSPS) is 13.2. The van der Waals surface area contributed by atoms with Gasteiger partial charge in [0, 0.05) is 13.0 Å². The zero-order valence-corrected chi connectivity index (χ0v) is 8.67. The Kier molecular flexibility index (Phi) is 4.25. The summed E-state index contributed by atoms with van der Waals surface area (Å²) in [6, 6.07) is 0. The van der Waals surface area contributed by atoms with Crippen molar-refractivity contribution in [2.45, 2.75) is 25.6 Å². The van der Waals surface area contributed by atoms with Gasteiger partial charge in [-0.15, -0.1) is 11.6 Å². The van der Waals surface area contributed by atoms with Crippen LogP contribution in [0.2, 0.25) is 0 Å². The molecule has 0 radical (unpaired) electrons. The van der Waals surface area contributed by atoms with Crippen LogP contribution in [0.1, 0.15) is 30.9 Å². The van der Waals surface area contributed by atoms with Crippen LogP contribution in [0.25, 0.3) is 0 Å². The summed E-state index contributed by atoms with van der Waals surface area (Å²) in [5, 5.41) is -0.166. The minimum atomic E-state index is -0.166. The van der Waals surface area contributed by atoms with E-state index in [2.05, 4.69) is 4.98 Å². The van der Waals surface area contributed by atoms with Gasteiger partial charge in [-0.2, -0.15) is 0 Å². The molecule has 0 N–H and O–H groups in total. The van der Waals surface area contributed by atoms with Gasteiger partial charge >= 0.3 is 0 Å². The van der Waals surface area contributed by atoms with E-state index in [-0.39, 0.29) is 5.38 Å². The van der Waals surface area contributed by atoms with Gasteiger partial charge in [0.05, 0.1) is 12.8 Å². The Balaban J connectivity index is 2.40. The van der Waals surface area contributed by atoms with Crippen molar-refractivity contribution in [1.82, 2.24) is 4.98 Å². The first-order chi connectivity index (χ1) is 6.24. The highest BCUT2D eigenvalue weighted by Gasteiger charge is 2.08. The van der Waals surface area contributed by atoms with Crippen LogP contribution >= 0.6 is 11.6 Å². The molecular weight excluding hydrogens is 190 g/mol. The molecule has 1 rings (SSSR count). The maximum Gasteiger partial charge on any atom is 0.212 e. The van der Waals surface area contributed by atoms with Gasteiger partial charge < -0.3 is 9.15 Å². The van der Waals surface area contributed by atoms with E-state index in [1.54, 1.807) is 6.20 Å². The summed E-state index contributed by atoms with van der Waals surface area (Å²) in [6.45, 7) is 5.20. The maximum absolute atomic E-state index is 5.79. The molecule has 4 heteroatoms. The molecule has 0 saturated heterocycles. The Labute approximate surface area is 83.1 Å². The number of rotatable bonds is 5. The lowest BCUT2D eigenvalue weighted by atomic mass is 10.4. The van der Waals surface area contributed by atoms with Crippen molar-refractivity contribution in [1.29, 1.82) is 0 Å². The number of ether oxygens (including phenoxy) is 1. The molecule has 0 aromatic carbocycles. The fourth-order valence-corrected chi connectivity index (χ4v) is 1.04. The third kappa shape index (κ3) is 3.36. The smallest absolute Gasteiger partial charge is 0.212 e. The average molecular weight is 204 g/mol. The number of hydrogen-bond donors (Lipinski definition) is 0. The predicted molar refractivity (Wildman–Crippen MR) is 51.0 cm³/mol. The van der Waals surface area contributed by atoms with Crippen molar-refractivity contribution in [3.05, 3.63) is 17.8 Å². The minimum Gasteiger partial charge on any atom is -0.444 e. The second-order valence-corrected chi connectivity index (χ2v) is 3.38. The standard InChI is InChI=1S/C9H14ClNO2/c1-3-12-5-4-8-6-11-9(13-8)7(2)10/h6-7H,3-5H2,1-2H3. The summed E-state index contributed by atoms with van der Waals surface area (Å²) >= 11 is 5.79. The molecule has 0 aliphatic rings. The molecule has 0 spiro atoms. The van der Waals surface area contributed by atoms with Gasteiger partial charge in [-0.25, -0.2) is 4.98 Å². The Hall–Kier alpha value is -0.540. The topological polar surface area (TPSA) is 35.3 Å². The number of aromatic nitrogens is 1. The number of oxazole rings is 1. The Morgan fingerprint density at radius 2 is 2.46 bits per heavy atom. The van der Waals surface area contributed by atoms with Gasteiger partial charge in [0.1, 0.15) is 11.1 Å². The fraction of sp³-hybridized carbons (Fsp3) is 0.667. The molecule has 0 aliphatic carbocycles. The lowest BCUT2D eigenvalue weighted by Gasteiger charge is -1.97. The molecule has 1 heterocycles. The van der Waals surface area contributed by atoms with E-state index in [0.717, 1.165) is 18.8 Å². The monoisotopic (exact) mass is 203 g/mol. The minimum absolute atomic E-state index is 0.166. The second kappa shape index (κ2) is 5.25. The van der Waals surface area contributed by atoms with E-state index in [1.807, 2.05) is 13.8 Å². The largest absolute Gasteiger partial charge is 0.444 e. The third-order valence-corrected chi connectivity index (χ3v) is 1.80. The van der Waals surface area contributed by atoms with Crippen LogP contribution in [0.5, 0.6) is 0 Å². The van der Waals surface area contributed by atoms with Crippen LogP contribution in [-0.4, -0.2) is 18.2 Å². The lowest BCUT2D eigenvalue weighted by Crippen LogP contribution is -1.96. The van der Waals surface area contributed by atoms with E-state index < -0.39 is 0 Å². The van der Waals surface area contributed by atoms with Gasteiger partial charge in [0.15, 0.2) is 0 Å². The van der Waals surface area contributed by atoms with Gasteiger partial charge in [0.2, 0.25) is 5.89 Å². The van der Waals surface area contributed by atoms with Crippen LogP contribution < -0.4 is 0 Å². The molecule has 13 heavy (non-hydrogen) atoms. The molecule has 0 bridgehead atoms. The number of hydrogen-bond acceptors (Lipinski definition) is 3. The van der Waals surface area contributed by atoms with Gasteiger partial charge in [-0.3, -0.25) is 0 Å². The average Bonchev–Trinajstić information content (AvgIpc) is 2.53. The van der Waals surface area contributed by atoms with Gasteiger partial charge in [-0.1, -0.05) is 0 Å². The number of halogens is 1. The summed E-state index contributed by atoms with van der Waals surface area (Å²) in [6.07, 6.45) is 2.46. The summed E-state index contributed by atoms with van der Waals surface area (Å²) in [5.74, 6) is 1.41. The zero-order valence-electron chi connectivity index (χ0n) is 7.92. The summed E-state index contributed by atoms with van der Waals surface area (Å²) in [5.41, 5.74) is 0. The molecular formula is C9H14ClNO2. The third-order valence-electron chi connectivity index (χ3n) is 1.61. The van der Waals surface area contributed by atoms with Crippen molar-refractivity contribution in [2.75, 3.05) is 13.2 Å². The van der Waals surface area contributed by atoms with Gasteiger partial charge in [0.25, 0.3) is 0 Å². The summed E-state index contributed by atoms with van der Waals surface area (Å²) < 4.78 is 10.6. The molecule has 0 fully saturated rings. The van der Waals surface area contributed by atoms with E-state index >= 15 is 0 Å². The molecule has 0 aliphatic heterocycles. The molecule has 3 nitrogen and oxygen atoms in total. The Morgan fingerprint density at radius 3 is 3.00 bits per heavy atom. The van der Waals surface area contributed by atoms with E-state index in [9.17, 15) is 0 Å². The van der Waals surface area contributed by atoms with Crippen molar-refractivity contribution < 1.29 is 9.15 Å².